The molecule has 2 N–H and O–H groups in total. The fourth-order valence-electron chi connectivity index (χ4n) is 3.27. The predicted molar refractivity (Wildman–Crippen MR) is 106 cm³/mol. The first kappa shape index (κ1) is 17.1. The lowest BCUT2D eigenvalue weighted by Gasteiger charge is -2.17. The second kappa shape index (κ2) is 6.78. The summed E-state index contributed by atoms with van der Waals surface area (Å²) in [5, 5.41) is 0.916. The molecule has 1 aliphatic carbocycles. The van der Waals surface area contributed by atoms with Crippen LogP contribution in [0.25, 0.3) is 33.4 Å². The first-order valence-electron chi connectivity index (χ1n) is 8.55. The van der Waals surface area contributed by atoms with Gasteiger partial charge in [0.15, 0.2) is 12.2 Å². The van der Waals surface area contributed by atoms with E-state index < -0.39 is 0 Å². The van der Waals surface area contributed by atoms with E-state index >= 15 is 0 Å². The molecule has 0 unspecified atom stereocenters. The van der Waals surface area contributed by atoms with Crippen molar-refractivity contribution in [1.82, 2.24) is 0 Å². The number of nitrogens with two attached hydrogens (primary N) is 1. The van der Waals surface area contributed by atoms with Crippen LogP contribution >= 0.6 is 0 Å². The van der Waals surface area contributed by atoms with Gasteiger partial charge in [0.1, 0.15) is 17.1 Å². The van der Waals surface area contributed by atoms with E-state index in [4.69, 9.17) is 19.6 Å². The average Bonchev–Trinajstić information content (AvgIpc) is 2.66. The van der Waals surface area contributed by atoms with Gasteiger partial charge < -0.3 is 19.6 Å². The zero-order valence-electron chi connectivity index (χ0n) is 15.1. The highest BCUT2D eigenvalue weighted by Crippen LogP contribution is 2.42. The number of ether oxygens (including phenoxy) is 2. The van der Waals surface area contributed by atoms with Crippen LogP contribution < -0.4 is 15.9 Å². The van der Waals surface area contributed by atoms with E-state index in [0.717, 1.165) is 27.6 Å². The van der Waals surface area contributed by atoms with Crippen molar-refractivity contribution >= 4 is 16.7 Å². The molecular weight excluding hydrogens is 342 g/mol. The zero-order chi connectivity index (χ0) is 19.0. The topological polar surface area (TPSA) is 74.7 Å². The summed E-state index contributed by atoms with van der Waals surface area (Å²) < 4.78 is 16.5. The van der Waals surface area contributed by atoms with Gasteiger partial charge in [0.2, 0.25) is 0 Å². The van der Waals surface area contributed by atoms with E-state index in [9.17, 15) is 4.79 Å². The predicted octanol–water partition coefficient (Wildman–Crippen LogP) is 4.44. The summed E-state index contributed by atoms with van der Waals surface area (Å²) in [6, 6.07) is 16.3. The summed E-state index contributed by atoms with van der Waals surface area (Å²) in [4.78, 5) is 11.9. The van der Waals surface area contributed by atoms with Gasteiger partial charge in [-0.05, 0) is 54.4 Å². The molecule has 0 saturated carbocycles. The molecule has 0 aromatic heterocycles. The molecule has 0 bridgehead atoms. The van der Waals surface area contributed by atoms with E-state index in [0.29, 0.717) is 22.8 Å². The number of hydrogen-bond acceptors (Lipinski definition) is 5. The number of rotatable bonds is 4. The molecule has 136 valence electrons. The maximum absolute atomic E-state index is 11.9. The summed E-state index contributed by atoms with van der Waals surface area (Å²) in [6.07, 6.45) is 0. The van der Waals surface area contributed by atoms with Crippen LogP contribution in [0.15, 0.2) is 63.8 Å². The summed E-state index contributed by atoms with van der Waals surface area (Å²) in [7, 11) is 1.56. The minimum Gasteiger partial charge on any atom is -0.467 e. The van der Waals surface area contributed by atoms with Crippen LogP contribution in [0.5, 0.6) is 5.75 Å². The summed E-state index contributed by atoms with van der Waals surface area (Å²) in [5.41, 5.74) is 11.2. The molecule has 4 rings (SSSR count). The van der Waals surface area contributed by atoms with Crippen LogP contribution in [0, 0.1) is 6.92 Å². The van der Waals surface area contributed by atoms with Crippen LogP contribution in [0.3, 0.4) is 0 Å². The van der Waals surface area contributed by atoms with Crippen molar-refractivity contribution in [2.24, 2.45) is 0 Å². The molecule has 1 heterocycles. The summed E-state index contributed by atoms with van der Waals surface area (Å²) in [6.45, 7) is 2.18. The molecule has 5 nitrogen and oxygen atoms in total. The summed E-state index contributed by atoms with van der Waals surface area (Å²) in [5.74, 6) is 1.15. The van der Waals surface area contributed by atoms with Gasteiger partial charge in [-0.1, -0.05) is 6.07 Å². The Hall–Kier alpha value is -3.31. The lowest BCUT2D eigenvalue weighted by atomic mass is 9.91. The van der Waals surface area contributed by atoms with Crippen LogP contribution in [0.1, 0.15) is 5.56 Å². The molecule has 2 aliphatic rings. The number of fused-ring (bicyclic) bond motifs is 2. The highest BCUT2D eigenvalue weighted by molar-refractivity contribution is 6.03. The minimum atomic E-state index is -0.104. The lowest BCUT2D eigenvalue weighted by Crippen LogP contribution is -2.01. The van der Waals surface area contributed by atoms with Crippen molar-refractivity contribution in [3.05, 3.63) is 70.4 Å². The van der Waals surface area contributed by atoms with Crippen molar-refractivity contribution < 1.29 is 13.9 Å². The van der Waals surface area contributed by atoms with E-state index in [1.807, 2.05) is 37.3 Å². The normalized spacial score (nSPS) is 11.2. The van der Waals surface area contributed by atoms with Crippen LogP contribution in [-0.2, 0) is 4.74 Å². The van der Waals surface area contributed by atoms with Gasteiger partial charge in [-0.15, -0.1) is 0 Å². The standard InChI is InChI=1S/C22H19NO4/c1-13-3-4-14(23)9-19(13)22-17-7-5-15(24)10-20(17)27-21-11-16(26-12-25-2)6-8-18(21)22/h3-11H,12,23H2,1-2H3. The number of aryl methyl sites for hydroxylation is 1. The Balaban J connectivity index is 2.07. The quantitative estimate of drug-likeness (QED) is 0.330. The first-order chi connectivity index (χ1) is 13.1. The Labute approximate surface area is 156 Å². The van der Waals surface area contributed by atoms with E-state index in [-0.39, 0.29) is 12.2 Å². The molecule has 1 aliphatic heterocycles. The average molecular weight is 361 g/mol. The molecule has 0 fully saturated rings. The van der Waals surface area contributed by atoms with Crippen molar-refractivity contribution in [3.8, 4) is 28.2 Å². The second-order valence-electron chi connectivity index (χ2n) is 6.42. The largest absolute Gasteiger partial charge is 0.467 e. The smallest absolute Gasteiger partial charge is 0.188 e. The number of hydrogen-bond donors (Lipinski definition) is 1. The Bertz CT molecular complexity index is 1160. The fourth-order valence-corrected chi connectivity index (χ4v) is 3.27. The molecule has 0 amide bonds. The Kier molecular flexibility index (Phi) is 4.30. The number of methoxy groups -OCH3 is 1. The number of benzene rings is 3. The number of anilines is 1. The second-order valence-corrected chi connectivity index (χ2v) is 6.42. The monoisotopic (exact) mass is 361 g/mol. The van der Waals surface area contributed by atoms with Gasteiger partial charge in [0.25, 0.3) is 0 Å². The third-order valence-corrected chi connectivity index (χ3v) is 4.54. The molecular formula is C22H19NO4. The molecule has 0 atom stereocenters. The Morgan fingerprint density at radius 3 is 2.67 bits per heavy atom. The molecule has 0 saturated heterocycles. The number of nitrogen functional groups attached to an aromatic ring is 1. The molecule has 0 radical (unpaired) electrons. The van der Waals surface area contributed by atoms with E-state index in [1.54, 1.807) is 25.3 Å². The van der Waals surface area contributed by atoms with Crippen molar-refractivity contribution in [2.45, 2.75) is 6.92 Å². The highest BCUT2D eigenvalue weighted by Gasteiger charge is 2.19. The first-order valence-corrected chi connectivity index (χ1v) is 8.55. The molecule has 27 heavy (non-hydrogen) atoms. The molecule has 0 spiro atoms. The van der Waals surface area contributed by atoms with Gasteiger partial charge in [0, 0.05) is 41.4 Å². The molecule has 2 aromatic carbocycles. The van der Waals surface area contributed by atoms with E-state index in [2.05, 4.69) is 0 Å². The SMILES string of the molecule is COCOc1ccc2c(-c3cc(N)ccc3C)c3ccc(=O)cc-3oc2c1. The fraction of sp³-hybridized carbons (Fsp3) is 0.136. The van der Waals surface area contributed by atoms with Crippen molar-refractivity contribution in [3.63, 3.8) is 0 Å². The third kappa shape index (κ3) is 3.13. The minimum absolute atomic E-state index is 0.104. The van der Waals surface area contributed by atoms with Crippen LogP contribution in [0.2, 0.25) is 0 Å². The van der Waals surface area contributed by atoms with Gasteiger partial charge in [-0.2, -0.15) is 0 Å². The van der Waals surface area contributed by atoms with Crippen molar-refractivity contribution in [2.75, 3.05) is 19.6 Å². The molecule has 5 heteroatoms. The zero-order valence-corrected chi connectivity index (χ0v) is 15.1. The summed E-state index contributed by atoms with van der Waals surface area (Å²) >= 11 is 0. The third-order valence-electron chi connectivity index (χ3n) is 4.54. The van der Waals surface area contributed by atoms with Crippen LogP contribution in [0.4, 0.5) is 5.69 Å². The lowest BCUT2D eigenvalue weighted by molar-refractivity contribution is 0.0512. The van der Waals surface area contributed by atoms with Gasteiger partial charge >= 0.3 is 0 Å². The van der Waals surface area contributed by atoms with Gasteiger partial charge in [-0.25, -0.2) is 0 Å². The van der Waals surface area contributed by atoms with E-state index in [1.165, 1.54) is 6.07 Å². The van der Waals surface area contributed by atoms with Gasteiger partial charge in [0.05, 0.1) is 0 Å². The van der Waals surface area contributed by atoms with Gasteiger partial charge in [-0.3, -0.25) is 4.79 Å². The van der Waals surface area contributed by atoms with Crippen molar-refractivity contribution in [1.29, 1.82) is 0 Å². The molecule has 2 aromatic rings. The van der Waals surface area contributed by atoms with Crippen LogP contribution in [-0.4, -0.2) is 13.9 Å². The Morgan fingerprint density at radius 2 is 1.85 bits per heavy atom. The highest BCUT2D eigenvalue weighted by atomic mass is 16.7. The maximum atomic E-state index is 11.9. The maximum Gasteiger partial charge on any atom is 0.188 e. The Morgan fingerprint density at radius 1 is 1.00 bits per heavy atom.